The molecule has 166 valence electrons. The Kier molecular flexibility index (Phi) is 7.38. The molecule has 2 aromatic carbocycles. The number of oxime groups is 1. The second kappa shape index (κ2) is 10.4. The highest BCUT2D eigenvalue weighted by Crippen LogP contribution is 2.42. The number of nitrogens with one attached hydrogen (secondary N) is 1. The van der Waals surface area contributed by atoms with Crippen LogP contribution in [0.1, 0.15) is 49.7 Å². The third-order valence-electron chi connectivity index (χ3n) is 7.13. The van der Waals surface area contributed by atoms with Crippen molar-refractivity contribution in [2.45, 2.75) is 56.7 Å². The third-order valence-corrected chi connectivity index (χ3v) is 7.13. The fourth-order valence-corrected chi connectivity index (χ4v) is 5.40. The van der Waals surface area contributed by atoms with Gasteiger partial charge in [-0.2, -0.15) is 0 Å². The molecule has 0 bridgehead atoms. The molecule has 31 heavy (non-hydrogen) atoms. The summed E-state index contributed by atoms with van der Waals surface area (Å²) in [6.07, 6.45) is 6.24. The van der Waals surface area contributed by atoms with E-state index in [2.05, 4.69) is 39.6 Å². The molecule has 2 aliphatic rings. The van der Waals surface area contributed by atoms with E-state index in [1.54, 1.807) is 0 Å². The lowest BCUT2D eigenvalue weighted by molar-refractivity contribution is 0.0373. The van der Waals surface area contributed by atoms with Gasteiger partial charge in [-0.15, -0.1) is 0 Å². The van der Waals surface area contributed by atoms with Crippen molar-refractivity contribution in [3.63, 3.8) is 0 Å². The van der Waals surface area contributed by atoms with E-state index >= 15 is 0 Å². The first-order chi connectivity index (χ1) is 15.2. The van der Waals surface area contributed by atoms with Gasteiger partial charge < -0.3 is 15.6 Å². The quantitative estimate of drug-likeness (QED) is 0.340. The van der Waals surface area contributed by atoms with Gasteiger partial charge in [-0.3, -0.25) is 4.90 Å². The molecule has 5 nitrogen and oxygen atoms in total. The van der Waals surface area contributed by atoms with E-state index in [9.17, 15) is 10.3 Å². The van der Waals surface area contributed by atoms with Crippen LogP contribution in [0.15, 0.2) is 65.8 Å². The summed E-state index contributed by atoms with van der Waals surface area (Å²) < 4.78 is 0. The zero-order valence-corrected chi connectivity index (χ0v) is 18.3. The summed E-state index contributed by atoms with van der Waals surface area (Å²) in [5.74, 6) is 0.0763. The largest absolute Gasteiger partial charge is 0.411 e. The van der Waals surface area contributed by atoms with Gasteiger partial charge in [0.15, 0.2) is 0 Å². The van der Waals surface area contributed by atoms with Gasteiger partial charge in [0.1, 0.15) is 11.3 Å². The molecule has 1 unspecified atom stereocenters. The van der Waals surface area contributed by atoms with Crippen LogP contribution in [0.5, 0.6) is 0 Å². The van der Waals surface area contributed by atoms with E-state index in [0.717, 1.165) is 63.7 Å². The van der Waals surface area contributed by atoms with E-state index in [-0.39, 0.29) is 5.92 Å². The molecule has 1 heterocycles. The van der Waals surface area contributed by atoms with Crippen molar-refractivity contribution >= 4 is 5.71 Å². The maximum atomic E-state index is 12.1. The van der Waals surface area contributed by atoms with E-state index in [0.29, 0.717) is 18.3 Å². The van der Waals surface area contributed by atoms with Gasteiger partial charge in [-0.1, -0.05) is 78.7 Å². The van der Waals surface area contributed by atoms with Gasteiger partial charge in [0, 0.05) is 19.1 Å². The van der Waals surface area contributed by atoms with Crippen LogP contribution in [0.25, 0.3) is 0 Å². The molecule has 2 fully saturated rings. The number of benzene rings is 2. The molecule has 5 heteroatoms. The fraction of sp³-hybridized carbons (Fsp3) is 0.500. The Labute approximate surface area is 185 Å². The molecular formula is C26H35N3O2. The molecule has 1 saturated carbocycles. The number of hydrogen-bond acceptors (Lipinski definition) is 5. The normalized spacial score (nSPS) is 20.8. The molecule has 0 radical (unpaired) electrons. The van der Waals surface area contributed by atoms with Crippen LogP contribution in [-0.4, -0.2) is 46.6 Å². The van der Waals surface area contributed by atoms with Crippen molar-refractivity contribution in [3.05, 3.63) is 71.8 Å². The number of aliphatic hydroxyl groups is 1. The highest BCUT2D eigenvalue weighted by Gasteiger charge is 2.45. The monoisotopic (exact) mass is 421 g/mol. The zero-order chi connectivity index (χ0) is 21.5. The summed E-state index contributed by atoms with van der Waals surface area (Å²) in [6.45, 7) is 3.22. The number of rotatable bonds is 8. The van der Waals surface area contributed by atoms with Crippen LogP contribution in [0.3, 0.4) is 0 Å². The highest BCUT2D eigenvalue weighted by atomic mass is 16.4. The molecule has 1 saturated heterocycles. The van der Waals surface area contributed by atoms with E-state index < -0.39 is 5.60 Å². The number of hydrogen-bond donors (Lipinski definition) is 3. The Morgan fingerprint density at radius 3 is 2.16 bits per heavy atom. The van der Waals surface area contributed by atoms with Crippen LogP contribution in [0.2, 0.25) is 0 Å². The summed E-state index contributed by atoms with van der Waals surface area (Å²) in [4.78, 5) is 2.40. The van der Waals surface area contributed by atoms with E-state index in [1.165, 1.54) is 5.56 Å². The maximum Gasteiger partial charge on any atom is 0.135 e. The average molecular weight is 422 g/mol. The third kappa shape index (κ3) is 5.00. The van der Waals surface area contributed by atoms with Crippen LogP contribution in [0.4, 0.5) is 0 Å². The summed E-state index contributed by atoms with van der Waals surface area (Å²) in [6, 6.07) is 20.7. The first-order valence-corrected chi connectivity index (χ1v) is 11.7. The summed E-state index contributed by atoms with van der Waals surface area (Å²) in [5, 5.41) is 29.5. The molecule has 2 aromatic rings. The molecule has 0 aromatic heterocycles. The Morgan fingerprint density at radius 1 is 0.935 bits per heavy atom. The van der Waals surface area contributed by atoms with Crippen molar-refractivity contribution < 1.29 is 10.3 Å². The molecule has 0 spiro atoms. The topological polar surface area (TPSA) is 68.1 Å². The summed E-state index contributed by atoms with van der Waals surface area (Å²) >= 11 is 0. The first kappa shape index (κ1) is 22.0. The zero-order valence-electron chi connectivity index (χ0n) is 18.3. The van der Waals surface area contributed by atoms with Crippen LogP contribution in [0, 0.1) is 5.92 Å². The summed E-state index contributed by atoms with van der Waals surface area (Å²) in [7, 11) is 0. The minimum absolute atomic E-state index is 0.0763. The van der Waals surface area contributed by atoms with Crippen molar-refractivity contribution in [1.29, 1.82) is 0 Å². The number of piperidine rings is 1. The lowest BCUT2D eigenvalue weighted by atomic mass is 9.76. The fourth-order valence-electron chi connectivity index (χ4n) is 5.40. The minimum atomic E-state index is -1.24. The van der Waals surface area contributed by atoms with E-state index in [4.69, 9.17) is 0 Å². The second-order valence-corrected chi connectivity index (χ2v) is 9.03. The number of nitrogens with zero attached hydrogens (tertiary/aromatic N) is 2. The standard InChI is InChI=1S/C26H35N3O2/c30-26(23-13-7-8-14-23,22-11-5-2-6-12-22)25(28-31)20-29(24-15-17-27-18-16-24)19-21-9-3-1-4-10-21/h1-6,9-12,23-24,27,30-31H,7-8,13-20H2. The van der Waals surface area contributed by atoms with E-state index in [1.807, 2.05) is 36.4 Å². The van der Waals surface area contributed by atoms with Gasteiger partial charge in [-0.25, -0.2) is 0 Å². The molecule has 1 atom stereocenters. The summed E-state index contributed by atoms with van der Waals surface area (Å²) in [5.41, 5.74) is 1.30. The lowest BCUT2D eigenvalue weighted by Crippen LogP contribution is -2.51. The van der Waals surface area contributed by atoms with Crippen LogP contribution < -0.4 is 5.32 Å². The van der Waals surface area contributed by atoms with Gasteiger partial charge in [0.2, 0.25) is 0 Å². The molecule has 4 rings (SSSR count). The smallest absolute Gasteiger partial charge is 0.135 e. The molecule has 1 aliphatic carbocycles. The van der Waals surface area contributed by atoms with Crippen LogP contribution >= 0.6 is 0 Å². The van der Waals surface area contributed by atoms with Gasteiger partial charge in [0.25, 0.3) is 0 Å². The SMILES string of the molecule is ON=C(CN(Cc1ccccc1)C1CCNCC1)C(O)(c1ccccc1)C1CCCC1. The second-order valence-electron chi connectivity index (χ2n) is 9.03. The van der Waals surface area contributed by atoms with Gasteiger partial charge in [-0.05, 0) is 55.8 Å². The Balaban J connectivity index is 1.65. The lowest BCUT2D eigenvalue weighted by Gasteiger charge is -2.40. The highest BCUT2D eigenvalue weighted by molar-refractivity contribution is 5.95. The van der Waals surface area contributed by atoms with Crippen LogP contribution in [-0.2, 0) is 12.1 Å². The Bertz CT molecular complexity index is 830. The average Bonchev–Trinajstić information content (AvgIpc) is 3.39. The van der Waals surface area contributed by atoms with Crippen molar-refractivity contribution in [1.82, 2.24) is 10.2 Å². The molecular weight excluding hydrogens is 386 g/mol. The minimum Gasteiger partial charge on any atom is -0.411 e. The van der Waals surface area contributed by atoms with Gasteiger partial charge >= 0.3 is 0 Å². The maximum absolute atomic E-state index is 12.1. The van der Waals surface area contributed by atoms with Crippen molar-refractivity contribution in [3.8, 4) is 0 Å². The van der Waals surface area contributed by atoms with Crippen molar-refractivity contribution in [2.24, 2.45) is 11.1 Å². The predicted octanol–water partition coefficient (Wildman–Crippen LogP) is 4.15. The van der Waals surface area contributed by atoms with Crippen molar-refractivity contribution in [2.75, 3.05) is 19.6 Å². The van der Waals surface area contributed by atoms with Gasteiger partial charge in [0.05, 0.1) is 0 Å². The predicted molar refractivity (Wildman–Crippen MR) is 124 cm³/mol. The first-order valence-electron chi connectivity index (χ1n) is 11.7. The Hall–Kier alpha value is -2.21. The Morgan fingerprint density at radius 2 is 1.55 bits per heavy atom. The molecule has 0 amide bonds. The molecule has 1 aliphatic heterocycles. The molecule has 3 N–H and O–H groups in total.